The number of hydrogen-bond acceptors (Lipinski definition) is 5. The minimum absolute atomic E-state index is 0.0271. The third kappa shape index (κ3) is 5.29. The molecule has 0 atom stereocenters. The number of fused-ring (bicyclic) bond motifs is 1. The first-order chi connectivity index (χ1) is 16.4. The molecule has 3 aromatic carbocycles. The molecule has 1 N–H and O–H groups in total. The van der Waals surface area contributed by atoms with E-state index in [-0.39, 0.29) is 17.0 Å². The van der Waals surface area contributed by atoms with Crippen molar-refractivity contribution >= 4 is 40.1 Å². The summed E-state index contributed by atoms with van der Waals surface area (Å²) in [7, 11) is 0. The van der Waals surface area contributed by atoms with Gasteiger partial charge in [0.1, 0.15) is 5.75 Å². The Labute approximate surface area is 198 Å². The van der Waals surface area contributed by atoms with Gasteiger partial charge in [-0.15, -0.1) is 0 Å². The van der Waals surface area contributed by atoms with Crippen LogP contribution in [0.5, 0.6) is 5.75 Å². The standard InChI is InChI=1S/C25H17ClF2N2O4/c26-18-9-3-1-8-16(18)21-13-17(15-7-2-4-10-19(15)29-21)24(32)33-14-23(31)30-20-11-5-6-12-22(20)34-25(27)28/h1-13,25H,14H2,(H,30,31). The van der Waals surface area contributed by atoms with Gasteiger partial charge in [0, 0.05) is 16.0 Å². The van der Waals surface area contributed by atoms with Crippen molar-refractivity contribution in [1.29, 1.82) is 0 Å². The van der Waals surface area contributed by atoms with Crippen LogP contribution in [0.4, 0.5) is 14.5 Å². The Bertz CT molecular complexity index is 1360. The second-order valence-electron chi connectivity index (χ2n) is 7.05. The molecule has 34 heavy (non-hydrogen) atoms. The van der Waals surface area contributed by atoms with Crippen molar-refractivity contribution in [3.63, 3.8) is 0 Å². The van der Waals surface area contributed by atoms with E-state index in [1.807, 2.05) is 0 Å². The van der Waals surface area contributed by atoms with Gasteiger partial charge in [-0.1, -0.05) is 60.1 Å². The molecule has 0 unspecified atom stereocenters. The zero-order chi connectivity index (χ0) is 24.1. The molecule has 0 radical (unpaired) electrons. The highest BCUT2D eigenvalue weighted by Gasteiger charge is 2.18. The molecule has 4 rings (SSSR count). The van der Waals surface area contributed by atoms with Crippen LogP contribution in [-0.2, 0) is 9.53 Å². The molecule has 172 valence electrons. The third-order valence-corrected chi connectivity index (χ3v) is 5.13. The molecule has 6 nitrogen and oxygen atoms in total. The average Bonchev–Trinajstić information content (AvgIpc) is 2.83. The SMILES string of the molecule is O=C(COC(=O)c1cc(-c2ccccc2Cl)nc2ccccc12)Nc1ccccc1OC(F)F. The zero-order valence-corrected chi connectivity index (χ0v) is 18.3. The number of nitrogens with zero attached hydrogens (tertiary/aromatic N) is 1. The minimum atomic E-state index is -3.05. The summed E-state index contributed by atoms with van der Waals surface area (Å²) in [5, 5.41) is 3.41. The normalized spacial score (nSPS) is 10.8. The number of alkyl halides is 2. The maximum Gasteiger partial charge on any atom is 0.387 e. The number of rotatable bonds is 7. The second-order valence-corrected chi connectivity index (χ2v) is 7.46. The molecule has 0 aliphatic heterocycles. The Hall–Kier alpha value is -4.04. The van der Waals surface area contributed by atoms with Gasteiger partial charge in [0.05, 0.1) is 22.5 Å². The Morgan fingerprint density at radius 1 is 0.971 bits per heavy atom. The van der Waals surface area contributed by atoms with Gasteiger partial charge in [-0.2, -0.15) is 8.78 Å². The fraction of sp³-hybridized carbons (Fsp3) is 0.0800. The molecule has 1 heterocycles. The average molecular weight is 483 g/mol. The Morgan fingerprint density at radius 3 is 2.47 bits per heavy atom. The highest BCUT2D eigenvalue weighted by atomic mass is 35.5. The summed E-state index contributed by atoms with van der Waals surface area (Å²) in [6.07, 6.45) is 0. The predicted octanol–water partition coefficient (Wildman–Crippen LogP) is 5.95. The largest absolute Gasteiger partial charge is 0.452 e. The summed E-state index contributed by atoms with van der Waals surface area (Å²) in [5.41, 5.74) is 1.89. The number of benzene rings is 3. The smallest absolute Gasteiger partial charge is 0.387 e. The number of carbonyl (C=O) groups excluding carboxylic acids is 2. The van der Waals surface area contributed by atoms with Crippen LogP contribution in [0.2, 0.25) is 5.02 Å². The molecule has 1 amide bonds. The van der Waals surface area contributed by atoms with Crippen LogP contribution in [0.3, 0.4) is 0 Å². The molecule has 0 spiro atoms. The number of amides is 1. The number of nitrogens with one attached hydrogen (secondary N) is 1. The van der Waals surface area contributed by atoms with E-state index in [1.165, 1.54) is 18.2 Å². The number of hydrogen-bond donors (Lipinski definition) is 1. The van der Waals surface area contributed by atoms with Crippen molar-refractivity contribution in [2.45, 2.75) is 6.61 Å². The highest BCUT2D eigenvalue weighted by Crippen LogP contribution is 2.30. The lowest BCUT2D eigenvalue weighted by Crippen LogP contribution is -2.21. The summed E-state index contributed by atoms with van der Waals surface area (Å²) in [6, 6.07) is 21.3. The van der Waals surface area contributed by atoms with Crippen molar-refractivity contribution in [3.05, 3.63) is 89.4 Å². The quantitative estimate of drug-likeness (QED) is 0.329. The van der Waals surface area contributed by atoms with Crippen molar-refractivity contribution in [2.24, 2.45) is 0 Å². The second kappa shape index (κ2) is 10.3. The van der Waals surface area contributed by atoms with E-state index in [9.17, 15) is 18.4 Å². The van der Waals surface area contributed by atoms with Gasteiger partial charge in [-0.3, -0.25) is 4.79 Å². The topological polar surface area (TPSA) is 77.5 Å². The lowest BCUT2D eigenvalue weighted by atomic mass is 10.0. The summed E-state index contributed by atoms with van der Waals surface area (Å²) in [4.78, 5) is 29.8. The van der Waals surface area contributed by atoms with Crippen molar-refractivity contribution < 1.29 is 27.8 Å². The van der Waals surface area contributed by atoms with Crippen LogP contribution < -0.4 is 10.1 Å². The molecule has 4 aromatic rings. The number of ether oxygens (including phenoxy) is 2. The molecule has 9 heteroatoms. The lowest BCUT2D eigenvalue weighted by Gasteiger charge is -2.13. The van der Waals surface area contributed by atoms with E-state index in [4.69, 9.17) is 16.3 Å². The Kier molecular flexibility index (Phi) is 6.98. The predicted molar refractivity (Wildman–Crippen MR) is 124 cm³/mol. The molecule has 0 bridgehead atoms. The molecule has 0 aliphatic rings. The van der Waals surface area contributed by atoms with E-state index >= 15 is 0 Å². The monoisotopic (exact) mass is 482 g/mol. The van der Waals surface area contributed by atoms with Crippen molar-refractivity contribution in [1.82, 2.24) is 4.98 Å². The van der Waals surface area contributed by atoms with Crippen LogP contribution in [0.1, 0.15) is 10.4 Å². The van der Waals surface area contributed by atoms with E-state index in [2.05, 4.69) is 15.0 Å². The van der Waals surface area contributed by atoms with E-state index < -0.39 is 25.1 Å². The number of halogens is 3. The molecule has 0 saturated carbocycles. The van der Waals surface area contributed by atoms with Crippen LogP contribution in [-0.4, -0.2) is 30.1 Å². The fourth-order valence-corrected chi connectivity index (χ4v) is 3.55. The van der Waals surface area contributed by atoms with Crippen LogP contribution >= 0.6 is 11.6 Å². The number of aromatic nitrogens is 1. The van der Waals surface area contributed by atoms with Gasteiger partial charge in [0.2, 0.25) is 0 Å². The van der Waals surface area contributed by atoms with Gasteiger partial charge in [-0.25, -0.2) is 9.78 Å². The van der Waals surface area contributed by atoms with Crippen LogP contribution in [0.15, 0.2) is 78.9 Å². The molecular formula is C25H17ClF2N2O4. The zero-order valence-electron chi connectivity index (χ0n) is 17.5. The summed E-state index contributed by atoms with van der Waals surface area (Å²) in [6.45, 7) is -3.69. The Morgan fingerprint density at radius 2 is 1.68 bits per heavy atom. The van der Waals surface area contributed by atoms with Gasteiger partial charge < -0.3 is 14.8 Å². The van der Waals surface area contributed by atoms with Crippen LogP contribution in [0.25, 0.3) is 22.2 Å². The Balaban J connectivity index is 1.55. The summed E-state index contributed by atoms with van der Waals surface area (Å²) < 4.78 is 34.7. The van der Waals surface area contributed by atoms with Crippen molar-refractivity contribution in [3.8, 4) is 17.0 Å². The van der Waals surface area contributed by atoms with Crippen molar-refractivity contribution in [2.75, 3.05) is 11.9 Å². The third-order valence-electron chi connectivity index (χ3n) is 4.80. The summed E-state index contributed by atoms with van der Waals surface area (Å²) >= 11 is 6.30. The minimum Gasteiger partial charge on any atom is -0.452 e. The maximum absolute atomic E-state index is 12.9. The lowest BCUT2D eigenvalue weighted by molar-refractivity contribution is -0.119. The fourth-order valence-electron chi connectivity index (χ4n) is 3.31. The first kappa shape index (κ1) is 23.1. The molecule has 1 aromatic heterocycles. The van der Waals surface area contributed by atoms with Gasteiger partial charge in [0.15, 0.2) is 6.61 Å². The van der Waals surface area contributed by atoms with Gasteiger partial charge in [-0.05, 0) is 30.3 Å². The number of carbonyl (C=O) groups is 2. The number of pyridine rings is 1. The number of para-hydroxylation sites is 3. The van der Waals surface area contributed by atoms with E-state index in [0.29, 0.717) is 27.2 Å². The number of esters is 1. The first-order valence-electron chi connectivity index (χ1n) is 10.1. The van der Waals surface area contributed by atoms with Gasteiger partial charge >= 0.3 is 12.6 Å². The molecule has 0 saturated heterocycles. The van der Waals surface area contributed by atoms with E-state index in [0.717, 1.165) is 0 Å². The molecule has 0 aliphatic carbocycles. The number of anilines is 1. The maximum atomic E-state index is 12.9. The molecule has 0 fully saturated rings. The summed E-state index contributed by atoms with van der Waals surface area (Å²) in [5.74, 6) is -1.68. The van der Waals surface area contributed by atoms with Crippen LogP contribution in [0, 0.1) is 0 Å². The highest BCUT2D eigenvalue weighted by molar-refractivity contribution is 6.33. The first-order valence-corrected chi connectivity index (χ1v) is 10.5. The molecular weight excluding hydrogens is 466 g/mol. The van der Waals surface area contributed by atoms with E-state index in [1.54, 1.807) is 60.7 Å². The van der Waals surface area contributed by atoms with Gasteiger partial charge in [0.25, 0.3) is 5.91 Å².